The van der Waals surface area contributed by atoms with Crippen LogP contribution in [0.5, 0.6) is 0 Å². The number of hydrogen-bond acceptors (Lipinski definition) is 1. The molecule has 0 atom stereocenters. The summed E-state index contributed by atoms with van der Waals surface area (Å²) in [5.74, 6) is 0. The van der Waals surface area contributed by atoms with Gasteiger partial charge in [-0.15, -0.1) is 31.2 Å². The molecule has 0 spiro atoms. The Morgan fingerprint density at radius 3 is 1.44 bits per heavy atom. The molecule has 0 aromatic heterocycles. The van der Waals surface area contributed by atoms with Gasteiger partial charge in [-0.05, 0) is 13.1 Å². The molecule has 0 unspecified atom stereocenters. The van der Waals surface area contributed by atoms with E-state index in [1.165, 1.54) is 0 Å². The fraction of sp³-hybridized carbons (Fsp3) is 0.273. The largest absolute Gasteiger partial charge is 0.435 e. The molecule has 0 saturated heterocycles. The van der Waals surface area contributed by atoms with Crippen molar-refractivity contribution in [2.45, 2.75) is 19.5 Å². The van der Waals surface area contributed by atoms with Crippen LogP contribution in [0.2, 0.25) is 13.1 Å². The van der Waals surface area contributed by atoms with Gasteiger partial charge in [-0.1, -0.05) is 0 Å². The summed E-state index contributed by atoms with van der Waals surface area (Å²) in [5, 5.41) is 0. The SMILES string of the molecule is C[SiH](C)O.Cl.Cl.[C-]1=CC=CC1.[CH3-].[CH3-].[CH3-].[CH3-].[Ti]. The second kappa shape index (κ2) is 44.5. The molecule has 1 rings (SSSR count). The zero-order chi connectivity index (χ0) is 7.11. The molecular formula is C11H27Cl2OSiTi-5. The molecule has 0 heterocycles. The van der Waals surface area contributed by atoms with E-state index in [1.807, 2.05) is 25.2 Å². The van der Waals surface area contributed by atoms with Gasteiger partial charge in [0.05, 0.1) is 0 Å². The molecule has 104 valence electrons. The molecule has 0 amide bonds. The first-order chi connectivity index (χ1) is 4.23. The van der Waals surface area contributed by atoms with Crippen LogP contribution in [0.4, 0.5) is 0 Å². The van der Waals surface area contributed by atoms with Gasteiger partial charge in [0.1, 0.15) is 0 Å². The average Bonchev–Trinajstić information content (AvgIpc) is 2.11. The van der Waals surface area contributed by atoms with Gasteiger partial charge in [0, 0.05) is 21.7 Å². The number of allylic oxidation sites excluding steroid dienone is 4. The molecule has 0 aromatic rings. The molecule has 1 nitrogen and oxygen atoms in total. The summed E-state index contributed by atoms with van der Waals surface area (Å²) in [5.41, 5.74) is 0. The maximum absolute atomic E-state index is 8.19. The molecule has 0 saturated carbocycles. The molecule has 1 aliphatic rings. The van der Waals surface area contributed by atoms with Gasteiger partial charge in [0.15, 0.2) is 9.04 Å². The Morgan fingerprint density at radius 1 is 1.06 bits per heavy atom. The Bertz CT molecular complexity index is 108. The van der Waals surface area contributed by atoms with E-state index in [4.69, 9.17) is 4.80 Å². The Morgan fingerprint density at radius 2 is 1.38 bits per heavy atom. The third kappa shape index (κ3) is 82.2. The molecule has 0 aliphatic heterocycles. The van der Waals surface area contributed by atoms with Crippen LogP contribution in [0.3, 0.4) is 0 Å². The summed E-state index contributed by atoms with van der Waals surface area (Å²) in [6, 6.07) is 0. The van der Waals surface area contributed by atoms with Crippen LogP contribution in [0, 0.1) is 35.8 Å². The summed E-state index contributed by atoms with van der Waals surface area (Å²) in [7, 11) is -1.14. The summed E-state index contributed by atoms with van der Waals surface area (Å²) >= 11 is 0. The second-order valence-corrected chi connectivity index (χ2v) is 4.28. The number of rotatable bonds is 0. The van der Waals surface area contributed by atoms with Gasteiger partial charge in [-0.25, -0.2) is 12.2 Å². The van der Waals surface area contributed by atoms with Crippen LogP contribution >= 0.6 is 24.8 Å². The Balaban J connectivity index is -0.00000000939. The molecule has 0 fully saturated rings. The first kappa shape index (κ1) is 53.8. The van der Waals surface area contributed by atoms with Gasteiger partial charge >= 0.3 is 0 Å². The minimum atomic E-state index is -1.14. The van der Waals surface area contributed by atoms with Gasteiger partial charge < -0.3 is 34.5 Å². The third-order valence-electron chi connectivity index (χ3n) is 0.586. The van der Waals surface area contributed by atoms with Crippen LogP contribution in [-0.4, -0.2) is 13.8 Å². The molecule has 1 aliphatic carbocycles. The molecule has 0 bridgehead atoms. The van der Waals surface area contributed by atoms with Crippen LogP contribution in [0.1, 0.15) is 6.42 Å². The molecular weight excluding hydrogens is 295 g/mol. The number of halogens is 2. The van der Waals surface area contributed by atoms with Crippen molar-refractivity contribution in [1.82, 2.24) is 0 Å². The van der Waals surface area contributed by atoms with Crippen molar-refractivity contribution in [3.05, 3.63) is 54.0 Å². The van der Waals surface area contributed by atoms with Crippen molar-refractivity contribution in [2.24, 2.45) is 0 Å². The zero-order valence-electron chi connectivity index (χ0n) is 11.3. The van der Waals surface area contributed by atoms with E-state index in [-0.39, 0.29) is 76.2 Å². The fourth-order valence-electron chi connectivity index (χ4n) is 0.340. The Hall–Kier alpha value is 0.951. The van der Waals surface area contributed by atoms with Crippen molar-refractivity contribution in [1.29, 1.82) is 0 Å². The van der Waals surface area contributed by atoms with Gasteiger partial charge in [0.25, 0.3) is 0 Å². The van der Waals surface area contributed by atoms with Gasteiger partial charge in [0.2, 0.25) is 0 Å². The smallest absolute Gasteiger partial charge is 0.166 e. The molecule has 16 heavy (non-hydrogen) atoms. The van der Waals surface area contributed by atoms with E-state index in [2.05, 4.69) is 12.2 Å². The van der Waals surface area contributed by atoms with Crippen molar-refractivity contribution in [3.63, 3.8) is 0 Å². The summed E-state index contributed by atoms with van der Waals surface area (Å²) in [6.07, 6.45) is 10.0. The van der Waals surface area contributed by atoms with E-state index < -0.39 is 9.04 Å². The minimum Gasteiger partial charge on any atom is -0.435 e. The van der Waals surface area contributed by atoms with Crippen molar-refractivity contribution in [2.75, 3.05) is 0 Å². The minimum absolute atomic E-state index is 0. The molecule has 1 N–H and O–H groups in total. The zero-order valence-corrected chi connectivity index (χ0v) is 15.6. The summed E-state index contributed by atoms with van der Waals surface area (Å²) in [6.45, 7) is 3.72. The molecule has 0 radical (unpaired) electrons. The number of hydrogen-bond donors (Lipinski definition) is 1. The van der Waals surface area contributed by atoms with Crippen LogP contribution in [-0.2, 0) is 21.7 Å². The van der Waals surface area contributed by atoms with Crippen molar-refractivity contribution in [3.8, 4) is 0 Å². The quantitative estimate of drug-likeness (QED) is 0.530. The second-order valence-electron chi connectivity index (χ2n) is 2.10. The van der Waals surface area contributed by atoms with Crippen LogP contribution < -0.4 is 0 Å². The van der Waals surface area contributed by atoms with Gasteiger partial charge in [-0.3, -0.25) is 6.08 Å². The first-order valence-electron chi connectivity index (χ1n) is 3.13. The van der Waals surface area contributed by atoms with E-state index in [0.717, 1.165) is 6.42 Å². The van der Waals surface area contributed by atoms with Crippen molar-refractivity contribution >= 4 is 33.9 Å². The predicted octanol–water partition coefficient (Wildman–Crippen LogP) is 3.91. The van der Waals surface area contributed by atoms with E-state index in [0.29, 0.717) is 0 Å². The maximum Gasteiger partial charge on any atom is 0.166 e. The molecule has 5 heteroatoms. The first-order valence-corrected chi connectivity index (χ1v) is 5.96. The van der Waals surface area contributed by atoms with E-state index in [1.54, 1.807) is 0 Å². The average molecular weight is 322 g/mol. The Kier molecular flexibility index (Phi) is 150. The summed E-state index contributed by atoms with van der Waals surface area (Å²) in [4.78, 5) is 8.19. The monoisotopic (exact) mass is 321 g/mol. The standard InChI is InChI=1S/C5H5.C2H8OSi.4CH3.2ClH.Ti/c1-2-4-5-3-1;1-4(2)3;;;;;;;/h1-3H,4H2;3-4H,1-2H3;4*1H3;2*1H;/q-1;;4*-1;;;. The predicted molar refractivity (Wildman–Crippen MR) is 82.8 cm³/mol. The fourth-order valence-corrected chi connectivity index (χ4v) is 0.340. The van der Waals surface area contributed by atoms with Crippen LogP contribution in [0.15, 0.2) is 18.2 Å². The van der Waals surface area contributed by atoms with E-state index >= 15 is 0 Å². The topological polar surface area (TPSA) is 20.2 Å². The van der Waals surface area contributed by atoms with Crippen molar-refractivity contribution < 1.29 is 26.5 Å². The molecule has 0 aromatic carbocycles. The van der Waals surface area contributed by atoms with Crippen LogP contribution in [0.25, 0.3) is 0 Å². The maximum atomic E-state index is 8.19. The van der Waals surface area contributed by atoms with E-state index in [9.17, 15) is 0 Å². The summed E-state index contributed by atoms with van der Waals surface area (Å²) < 4.78 is 0. The third-order valence-corrected chi connectivity index (χ3v) is 0.586. The Labute approximate surface area is 133 Å². The normalized spacial score (nSPS) is 7.75. The van der Waals surface area contributed by atoms with Gasteiger partial charge in [-0.2, -0.15) is 6.08 Å².